The molecule has 38 heavy (non-hydrogen) atoms. The molecule has 0 aliphatic carbocycles. The van der Waals surface area contributed by atoms with E-state index in [-0.39, 0.29) is 5.41 Å². The van der Waals surface area contributed by atoms with Gasteiger partial charge in [-0.3, -0.25) is 9.80 Å². The molecule has 2 rings (SSSR count). The van der Waals surface area contributed by atoms with Gasteiger partial charge < -0.3 is 10.6 Å². The van der Waals surface area contributed by atoms with Gasteiger partial charge in [-0.2, -0.15) is 5.10 Å². The molecule has 0 aliphatic rings. The van der Waals surface area contributed by atoms with E-state index >= 15 is 0 Å². The maximum atomic E-state index is 11.1. The fourth-order valence-corrected chi connectivity index (χ4v) is 3.10. The number of aldehydes is 1. The number of carbonyl (C=O) groups excluding carboxylic acids is 1. The molecule has 0 bridgehead atoms. The van der Waals surface area contributed by atoms with Gasteiger partial charge in [-0.15, -0.1) is 0 Å². The molecule has 212 valence electrons. The molecular formula is C33H54N4O. The smallest absolute Gasteiger partial charge is 0.144 e. The third kappa shape index (κ3) is 13.3. The Morgan fingerprint density at radius 3 is 1.97 bits per heavy atom. The number of rotatable bonds is 9. The lowest BCUT2D eigenvalue weighted by molar-refractivity contribution is -0.104. The minimum absolute atomic E-state index is 0.116. The van der Waals surface area contributed by atoms with Gasteiger partial charge in [0.1, 0.15) is 12.1 Å². The summed E-state index contributed by atoms with van der Waals surface area (Å²) in [5, 5.41) is 12.9. The largest absolute Gasteiger partial charge is 0.379 e. The van der Waals surface area contributed by atoms with E-state index in [1.165, 1.54) is 22.8 Å². The van der Waals surface area contributed by atoms with Crippen LogP contribution in [0.3, 0.4) is 0 Å². The van der Waals surface area contributed by atoms with Crippen LogP contribution >= 0.6 is 0 Å². The summed E-state index contributed by atoms with van der Waals surface area (Å²) in [5.41, 5.74) is 7.50. The molecule has 0 atom stereocenters. The van der Waals surface area contributed by atoms with E-state index in [1.54, 1.807) is 5.01 Å². The van der Waals surface area contributed by atoms with E-state index in [2.05, 4.69) is 93.3 Å². The second-order valence-corrected chi connectivity index (χ2v) is 9.09. The molecule has 2 N–H and O–H groups in total. The zero-order valence-corrected chi connectivity index (χ0v) is 26.4. The van der Waals surface area contributed by atoms with Crippen molar-refractivity contribution in [3.63, 3.8) is 0 Å². The molecule has 0 spiro atoms. The van der Waals surface area contributed by atoms with Crippen molar-refractivity contribution in [2.75, 3.05) is 18.9 Å². The Bertz CT molecular complexity index is 1010. The quantitative estimate of drug-likeness (QED) is 0.150. The number of anilines is 1. The van der Waals surface area contributed by atoms with Gasteiger partial charge in [0.2, 0.25) is 0 Å². The Kier molecular flexibility index (Phi) is 19.1. The highest BCUT2D eigenvalue weighted by molar-refractivity contribution is 5.98. The van der Waals surface area contributed by atoms with Gasteiger partial charge in [-0.05, 0) is 66.6 Å². The van der Waals surface area contributed by atoms with Crippen LogP contribution in [0.2, 0.25) is 0 Å². The molecule has 5 nitrogen and oxygen atoms in total. The molecular weight excluding hydrogens is 468 g/mol. The summed E-state index contributed by atoms with van der Waals surface area (Å²) in [6.07, 6.45) is 2.26. The molecule has 0 heterocycles. The Morgan fingerprint density at radius 1 is 0.947 bits per heavy atom. The molecule has 0 fully saturated rings. The number of carbonyl (C=O) groups is 1. The monoisotopic (exact) mass is 522 g/mol. The minimum atomic E-state index is 0.116. The summed E-state index contributed by atoms with van der Waals surface area (Å²) in [6.45, 7) is 29.3. The fraction of sp³-hybridized carbons (Fsp3) is 0.455. The summed E-state index contributed by atoms with van der Waals surface area (Å²) in [5.74, 6) is 0.575. The van der Waals surface area contributed by atoms with Crippen molar-refractivity contribution < 1.29 is 4.79 Å². The lowest BCUT2D eigenvalue weighted by atomic mass is 9.86. The van der Waals surface area contributed by atoms with Gasteiger partial charge in [0, 0.05) is 18.4 Å². The SMILES string of the molecule is C=C(N/C(=C\C=O)CNc1ccc(C)c(C)c1)N(C)/N=C(\C)c1ccc(C(C)(C)C)cc1.CC.CC.CC. The van der Waals surface area contributed by atoms with Gasteiger partial charge in [0.05, 0.1) is 12.3 Å². The van der Waals surface area contributed by atoms with Crippen molar-refractivity contribution in [2.45, 2.75) is 88.5 Å². The Labute approximate surface area is 234 Å². The summed E-state index contributed by atoms with van der Waals surface area (Å²) in [7, 11) is 1.83. The number of benzene rings is 2. The molecule has 0 aromatic heterocycles. The average molecular weight is 523 g/mol. The lowest BCUT2D eigenvalue weighted by Crippen LogP contribution is -2.27. The van der Waals surface area contributed by atoms with Crippen molar-refractivity contribution in [3.8, 4) is 0 Å². The van der Waals surface area contributed by atoms with Crippen LogP contribution in [-0.2, 0) is 10.2 Å². The standard InChI is InChI=1S/C27H36N4O.3C2H6/c1-19-9-14-25(17-20(19)2)28-18-26(15-16-32)29-22(4)31(8)30-21(3)23-10-12-24(13-11-23)27(5,6)7;3*1-2/h9-17,28-29H,4,18H2,1-3,5-8H3;3*1-2H3/b26-15-,30-21+;;;. The van der Waals surface area contributed by atoms with Crippen LogP contribution < -0.4 is 10.6 Å². The Balaban J connectivity index is 0. The van der Waals surface area contributed by atoms with Crippen molar-refractivity contribution in [3.05, 3.63) is 88.9 Å². The van der Waals surface area contributed by atoms with Crippen molar-refractivity contribution >= 4 is 17.7 Å². The van der Waals surface area contributed by atoms with Crippen LogP contribution in [0.5, 0.6) is 0 Å². The van der Waals surface area contributed by atoms with Gasteiger partial charge in [0.15, 0.2) is 0 Å². The molecule has 5 heteroatoms. The molecule has 0 saturated heterocycles. The fourth-order valence-electron chi connectivity index (χ4n) is 3.10. The number of nitrogens with zero attached hydrogens (tertiary/aromatic N) is 2. The summed E-state index contributed by atoms with van der Waals surface area (Å²) in [4.78, 5) is 11.1. The highest BCUT2D eigenvalue weighted by Crippen LogP contribution is 2.22. The lowest BCUT2D eigenvalue weighted by Gasteiger charge is -2.21. The normalized spacial score (nSPS) is 10.9. The van der Waals surface area contributed by atoms with Crippen LogP contribution in [0.15, 0.2) is 71.7 Å². The average Bonchev–Trinajstić information content (AvgIpc) is 2.92. The molecule has 2 aromatic carbocycles. The zero-order chi connectivity index (χ0) is 29.9. The summed E-state index contributed by atoms with van der Waals surface area (Å²) < 4.78 is 0. The number of hydrazone groups is 1. The van der Waals surface area contributed by atoms with E-state index in [9.17, 15) is 4.79 Å². The number of hydrogen-bond acceptors (Lipinski definition) is 5. The molecule has 0 aliphatic heterocycles. The second-order valence-electron chi connectivity index (χ2n) is 9.09. The van der Waals surface area contributed by atoms with Crippen molar-refractivity contribution in [2.24, 2.45) is 5.10 Å². The minimum Gasteiger partial charge on any atom is -0.379 e. The Morgan fingerprint density at radius 2 is 1.50 bits per heavy atom. The molecule has 0 saturated carbocycles. The van der Waals surface area contributed by atoms with E-state index in [0.29, 0.717) is 18.1 Å². The topological polar surface area (TPSA) is 56.7 Å². The maximum Gasteiger partial charge on any atom is 0.144 e. The van der Waals surface area contributed by atoms with E-state index in [4.69, 9.17) is 0 Å². The number of aryl methyl sites for hydroxylation is 2. The van der Waals surface area contributed by atoms with Gasteiger partial charge >= 0.3 is 0 Å². The number of nitrogens with one attached hydrogen (secondary N) is 2. The highest BCUT2D eigenvalue weighted by Gasteiger charge is 2.13. The number of hydrogen-bond donors (Lipinski definition) is 2. The third-order valence-electron chi connectivity index (χ3n) is 5.42. The zero-order valence-electron chi connectivity index (χ0n) is 26.4. The molecule has 0 amide bonds. The first-order valence-electron chi connectivity index (χ1n) is 13.8. The third-order valence-corrected chi connectivity index (χ3v) is 5.42. The Hall–Kier alpha value is -3.34. The van der Waals surface area contributed by atoms with Crippen molar-refractivity contribution in [1.82, 2.24) is 10.3 Å². The van der Waals surface area contributed by atoms with E-state index < -0.39 is 0 Å². The van der Waals surface area contributed by atoms with E-state index in [1.807, 2.05) is 61.6 Å². The first-order chi connectivity index (χ1) is 18.0. The first-order valence-corrected chi connectivity index (χ1v) is 13.8. The van der Waals surface area contributed by atoms with Gasteiger partial charge in [-0.1, -0.05) is 99.2 Å². The van der Waals surface area contributed by atoms with Crippen LogP contribution in [0.25, 0.3) is 0 Å². The molecule has 0 unspecified atom stereocenters. The second kappa shape index (κ2) is 19.7. The van der Waals surface area contributed by atoms with Crippen LogP contribution in [-0.4, -0.2) is 30.6 Å². The molecule has 0 radical (unpaired) electrons. The summed E-state index contributed by atoms with van der Waals surface area (Å²) >= 11 is 0. The molecule has 2 aromatic rings. The maximum absolute atomic E-state index is 11.1. The van der Waals surface area contributed by atoms with Crippen LogP contribution in [0, 0.1) is 13.8 Å². The number of allylic oxidation sites excluding steroid dienone is 1. The van der Waals surface area contributed by atoms with Gasteiger partial charge in [0.25, 0.3) is 0 Å². The van der Waals surface area contributed by atoms with Crippen LogP contribution in [0.4, 0.5) is 5.69 Å². The van der Waals surface area contributed by atoms with Crippen LogP contribution in [0.1, 0.15) is 91.5 Å². The first kappa shape index (κ1) is 36.8. The summed E-state index contributed by atoms with van der Waals surface area (Å²) in [6, 6.07) is 14.7. The van der Waals surface area contributed by atoms with E-state index in [0.717, 1.165) is 23.2 Å². The highest BCUT2D eigenvalue weighted by atomic mass is 16.1. The van der Waals surface area contributed by atoms with Gasteiger partial charge in [-0.25, -0.2) is 0 Å². The predicted molar refractivity (Wildman–Crippen MR) is 170 cm³/mol. The van der Waals surface area contributed by atoms with Crippen molar-refractivity contribution in [1.29, 1.82) is 0 Å². The predicted octanol–water partition coefficient (Wildman–Crippen LogP) is 8.59.